The molecule has 0 unspecified atom stereocenters. The molecule has 0 fully saturated rings. The average molecular weight is 248 g/mol. The van der Waals surface area contributed by atoms with Gasteiger partial charge in [0.05, 0.1) is 24.7 Å². The van der Waals surface area contributed by atoms with E-state index in [1.54, 1.807) is 13.2 Å². The van der Waals surface area contributed by atoms with Gasteiger partial charge in [0, 0.05) is 7.11 Å². The summed E-state index contributed by atoms with van der Waals surface area (Å²) in [5.41, 5.74) is 0.606. The van der Waals surface area contributed by atoms with Crippen molar-refractivity contribution in [1.82, 2.24) is 0 Å². The van der Waals surface area contributed by atoms with Gasteiger partial charge in [-0.15, -0.1) is 3.89 Å². The van der Waals surface area contributed by atoms with Crippen LogP contribution in [0.5, 0.6) is 0 Å². The molecule has 16 heavy (non-hydrogen) atoms. The Bertz CT molecular complexity index is 430. The Hall–Kier alpha value is -0.980. The molecule has 0 aliphatic carbocycles. The molecule has 1 rings (SSSR count). The summed E-state index contributed by atoms with van der Waals surface area (Å²) < 4.78 is 43.9. The quantitative estimate of drug-likeness (QED) is 0.565. The van der Waals surface area contributed by atoms with Crippen LogP contribution < -0.4 is 0 Å². The Kier molecular flexibility index (Phi) is 4.85. The first-order valence-electron chi connectivity index (χ1n) is 4.64. The van der Waals surface area contributed by atoms with E-state index in [1.807, 2.05) is 0 Å². The smallest absolute Gasteiger partial charge is 0.332 e. The average Bonchev–Trinajstić information content (AvgIpc) is 2.24. The molecule has 0 aliphatic rings. The van der Waals surface area contributed by atoms with Crippen molar-refractivity contribution in [2.24, 2.45) is 0 Å². The van der Waals surface area contributed by atoms with E-state index in [2.05, 4.69) is 0 Å². The number of hydrogen-bond donors (Lipinski definition) is 0. The van der Waals surface area contributed by atoms with E-state index in [4.69, 9.17) is 9.47 Å². The summed E-state index contributed by atoms with van der Waals surface area (Å²) >= 11 is 0. The fourth-order valence-electron chi connectivity index (χ4n) is 1.12. The molecule has 1 aromatic rings. The van der Waals surface area contributed by atoms with Crippen LogP contribution in [-0.4, -0.2) is 28.7 Å². The summed E-state index contributed by atoms with van der Waals surface area (Å²) in [7, 11) is -3.09. The Labute approximate surface area is 94.2 Å². The minimum Gasteiger partial charge on any atom is -0.382 e. The molecular weight excluding hydrogens is 235 g/mol. The molecule has 0 aromatic heterocycles. The van der Waals surface area contributed by atoms with Gasteiger partial charge in [0.1, 0.15) is 0 Å². The van der Waals surface area contributed by atoms with Crippen molar-refractivity contribution in [3.05, 3.63) is 29.8 Å². The highest BCUT2D eigenvalue weighted by atomic mass is 32.3. The Balaban J connectivity index is 2.62. The van der Waals surface area contributed by atoms with Gasteiger partial charge >= 0.3 is 10.2 Å². The van der Waals surface area contributed by atoms with Crippen molar-refractivity contribution >= 4 is 10.2 Å². The maximum Gasteiger partial charge on any atom is 0.332 e. The minimum absolute atomic E-state index is 0.229. The lowest BCUT2D eigenvalue weighted by molar-refractivity contribution is 0.0616. The SMILES string of the molecule is COCCOCc1cccc(S(=O)(=O)F)c1. The van der Waals surface area contributed by atoms with Gasteiger partial charge in [0.25, 0.3) is 0 Å². The van der Waals surface area contributed by atoms with E-state index in [-0.39, 0.29) is 11.5 Å². The molecule has 4 nitrogen and oxygen atoms in total. The lowest BCUT2D eigenvalue weighted by Gasteiger charge is -2.04. The number of benzene rings is 1. The van der Waals surface area contributed by atoms with Gasteiger partial charge in [-0.1, -0.05) is 12.1 Å². The summed E-state index contributed by atoms with van der Waals surface area (Å²) in [6, 6.07) is 5.60. The highest BCUT2D eigenvalue weighted by molar-refractivity contribution is 7.86. The van der Waals surface area contributed by atoms with Crippen LogP contribution in [0, 0.1) is 0 Å². The van der Waals surface area contributed by atoms with Crippen LogP contribution in [0.4, 0.5) is 3.89 Å². The predicted molar refractivity (Wildman–Crippen MR) is 56.3 cm³/mol. The molecule has 0 aliphatic heterocycles. The fraction of sp³-hybridized carbons (Fsp3) is 0.400. The van der Waals surface area contributed by atoms with Gasteiger partial charge in [-0.3, -0.25) is 0 Å². The molecule has 0 saturated heterocycles. The first-order chi connectivity index (χ1) is 7.54. The Morgan fingerprint density at radius 3 is 2.69 bits per heavy atom. The summed E-state index contributed by atoms with van der Waals surface area (Å²) in [6.07, 6.45) is 0. The summed E-state index contributed by atoms with van der Waals surface area (Å²) in [5.74, 6) is 0. The molecule has 0 atom stereocenters. The van der Waals surface area contributed by atoms with Gasteiger partial charge in [-0.25, -0.2) is 0 Å². The maximum absolute atomic E-state index is 12.7. The van der Waals surface area contributed by atoms with Crippen LogP contribution in [-0.2, 0) is 26.3 Å². The number of methoxy groups -OCH3 is 1. The first-order valence-corrected chi connectivity index (χ1v) is 6.02. The van der Waals surface area contributed by atoms with E-state index >= 15 is 0 Å². The molecule has 0 N–H and O–H groups in total. The second-order valence-electron chi connectivity index (χ2n) is 3.13. The minimum atomic E-state index is -4.64. The molecule has 0 bridgehead atoms. The third-order valence-corrected chi connectivity index (χ3v) is 2.70. The van der Waals surface area contributed by atoms with Crippen molar-refractivity contribution in [3.8, 4) is 0 Å². The van der Waals surface area contributed by atoms with Crippen molar-refractivity contribution in [2.75, 3.05) is 20.3 Å². The molecule has 1 aromatic carbocycles. The van der Waals surface area contributed by atoms with Gasteiger partial charge in [-0.2, -0.15) is 8.42 Å². The predicted octanol–water partition coefficient (Wildman–Crippen LogP) is 1.51. The Morgan fingerprint density at radius 1 is 1.31 bits per heavy atom. The van der Waals surface area contributed by atoms with Crippen LogP contribution in [0.15, 0.2) is 29.2 Å². The molecule has 90 valence electrons. The zero-order chi connectivity index (χ0) is 12.0. The van der Waals surface area contributed by atoms with Crippen molar-refractivity contribution in [1.29, 1.82) is 0 Å². The Morgan fingerprint density at radius 2 is 2.06 bits per heavy atom. The van der Waals surface area contributed by atoms with Crippen molar-refractivity contribution < 1.29 is 21.8 Å². The van der Waals surface area contributed by atoms with Crippen molar-refractivity contribution in [2.45, 2.75) is 11.5 Å². The molecule has 6 heteroatoms. The number of halogens is 1. The fourth-order valence-corrected chi connectivity index (χ4v) is 1.65. The molecule has 0 radical (unpaired) electrons. The monoisotopic (exact) mass is 248 g/mol. The number of ether oxygens (including phenoxy) is 2. The molecule has 0 heterocycles. The van der Waals surface area contributed by atoms with E-state index < -0.39 is 10.2 Å². The lowest BCUT2D eigenvalue weighted by atomic mass is 10.2. The van der Waals surface area contributed by atoms with E-state index in [0.717, 1.165) is 0 Å². The van der Waals surface area contributed by atoms with Crippen molar-refractivity contribution in [3.63, 3.8) is 0 Å². The summed E-state index contributed by atoms with van der Waals surface area (Å²) in [4.78, 5) is -0.347. The van der Waals surface area contributed by atoms with Crippen LogP contribution in [0.25, 0.3) is 0 Å². The summed E-state index contributed by atoms with van der Waals surface area (Å²) in [5, 5.41) is 0. The van der Waals surface area contributed by atoms with E-state index in [0.29, 0.717) is 18.8 Å². The van der Waals surface area contributed by atoms with Gasteiger partial charge in [0.15, 0.2) is 0 Å². The second-order valence-corrected chi connectivity index (χ2v) is 4.48. The second kappa shape index (κ2) is 5.93. The first kappa shape index (κ1) is 13.1. The third kappa shape index (κ3) is 4.26. The van der Waals surface area contributed by atoms with Gasteiger partial charge in [0.2, 0.25) is 0 Å². The molecule has 0 amide bonds. The molecule has 0 saturated carbocycles. The van der Waals surface area contributed by atoms with E-state index in [9.17, 15) is 12.3 Å². The zero-order valence-corrected chi connectivity index (χ0v) is 9.67. The largest absolute Gasteiger partial charge is 0.382 e. The van der Waals surface area contributed by atoms with Crippen LogP contribution in [0.1, 0.15) is 5.56 Å². The highest BCUT2D eigenvalue weighted by Gasteiger charge is 2.11. The van der Waals surface area contributed by atoms with Crippen LogP contribution in [0.2, 0.25) is 0 Å². The number of rotatable bonds is 6. The normalized spacial score (nSPS) is 11.6. The van der Waals surface area contributed by atoms with E-state index in [1.165, 1.54) is 18.2 Å². The van der Waals surface area contributed by atoms with Crippen LogP contribution in [0.3, 0.4) is 0 Å². The number of hydrogen-bond acceptors (Lipinski definition) is 4. The lowest BCUT2D eigenvalue weighted by Crippen LogP contribution is -2.02. The standard InChI is InChI=1S/C10H13FO4S/c1-14-5-6-15-8-9-3-2-4-10(7-9)16(11,12)13/h2-4,7H,5-6,8H2,1H3. The topological polar surface area (TPSA) is 52.6 Å². The zero-order valence-electron chi connectivity index (χ0n) is 8.85. The third-order valence-electron chi connectivity index (χ3n) is 1.88. The maximum atomic E-state index is 12.7. The summed E-state index contributed by atoms with van der Waals surface area (Å²) in [6.45, 7) is 1.09. The molecular formula is C10H13FO4S. The van der Waals surface area contributed by atoms with Gasteiger partial charge < -0.3 is 9.47 Å². The molecule has 0 spiro atoms. The van der Waals surface area contributed by atoms with Crippen LogP contribution >= 0.6 is 0 Å². The van der Waals surface area contributed by atoms with Gasteiger partial charge in [-0.05, 0) is 17.7 Å². The highest BCUT2D eigenvalue weighted by Crippen LogP contribution is 2.14.